The first-order chi connectivity index (χ1) is 15.1. The summed E-state index contributed by atoms with van der Waals surface area (Å²) in [6, 6.07) is 19.8. The van der Waals surface area contributed by atoms with Crippen molar-refractivity contribution >= 4 is 45.9 Å². The van der Waals surface area contributed by atoms with Crippen LogP contribution < -0.4 is 10.2 Å². The fraction of sp³-hybridized carbons (Fsp3) is 0.217. The molecular formula is C23H22N6OS. The van der Waals surface area contributed by atoms with Crippen LogP contribution in [0.3, 0.4) is 0 Å². The van der Waals surface area contributed by atoms with Crippen molar-refractivity contribution in [2.75, 3.05) is 16.8 Å². The molecule has 156 valence electrons. The smallest absolute Gasteiger partial charge is 0.241 e. The topological polar surface area (TPSA) is 75.9 Å². The van der Waals surface area contributed by atoms with E-state index in [1.54, 1.807) is 4.68 Å². The third kappa shape index (κ3) is 3.86. The molecule has 1 atom stereocenters. The van der Waals surface area contributed by atoms with Crippen molar-refractivity contribution < 1.29 is 4.79 Å². The van der Waals surface area contributed by atoms with Crippen LogP contribution in [-0.2, 0) is 11.8 Å². The number of hydrogen-bond acceptors (Lipinski definition) is 6. The lowest BCUT2D eigenvalue weighted by molar-refractivity contribution is -0.116. The molecule has 0 radical (unpaired) electrons. The zero-order valence-electron chi connectivity index (χ0n) is 17.3. The van der Waals surface area contributed by atoms with Gasteiger partial charge in [0.15, 0.2) is 5.16 Å². The number of amides is 1. The fourth-order valence-electron chi connectivity index (χ4n) is 3.83. The van der Waals surface area contributed by atoms with Crippen LogP contribution in [0.4, 0.5) is 17.3 Å². The highest BCUT2D eigenvalue weighted by Gasteiger charge is 2.35. The summed E-state index contributed by atoms with van der Waals surface area (Å²) in [5.41, 5.74) is 2.70. The van der Waals surface area contributed by atoms with Crippen LogP contribution in [0.15, 0.2) is 65.8 Å². The number of thioether (sulfide) groups is 1. The molecule has 0 bridgehead atoms. The van der Waals surface area contributed by atoms with E-state index < -0.39 is 0 Å². The molecule has 31 heavy (non-hydrogen) atoms. The summed E-state index contributed by atoms with van der Waals surface area (Å²) in [5, 5.41) is 9.08. The number of hydrogen-bond donors (Lipinski definition) is 1. The molecule has 1 fully saturated rings. The second-order valence-electron chi connectivity index (χ2n) is 7.52. The zero-order chi connectivity index (χ0) is 21.4. The fourth-order valence-corrected chi connectivity index (χ4v) is 4.83. The summed E-state index contributed by atoms with van der Waals surface area (Å²) >= 11 is 1.43. The van der Waals surface area contributed by atoms with E-state index in [9.17, 15) is 4.79 Å². The van der Waals surface area contributed by atoms with Gasteiger partial charge in [0.1, 0.15) is 11.6 Å². The number of carbonyl (C=O) groups excluding carboxylic acids is 1. The SMILES string of the molecule is Cc1cc(N2CCC(Sc3nc(Nc4ccccc4)c4ccccc4n3)C2=O)n(C)n1. The highest BCUT2D eigenvalue weighted by molar-refractivity contribution is 8.00. The van der Waals surface area contributed by atoms with E-state index in [-0.39, 0.29) is 11.2 Å². The highest BCUT2D eigenvalue weighted by Crippen LogP contribution is 2.34. The maximum absolute atomic E-state index is 13.1. The van der Waals surface area contributed by atoms with E-state index in [1.807, 2.05) is 79.5 Å². The lowest BCUT2D eigenvalue weighted by Gasteiger charge is -2.16. The minimum absolute atomic E-state index is 0.0716. The van der Waals surface area contributed by atoms with Crippen molar-refractivity contribution in [1.29, 1.82) is 0 Å². The van der Waals surface area contributed by atoms with Gasteiger partial charge in [-0.1, -0.05) is 42.1 Å². The highest BCUT2D eigenvalue weighted by atomic mass is 32.2. The van der Waals surface area contributed by atoms with E-state index in [2.05, 4.69) is 10.4 Å². The quantitative estimate of drug-likeness (QED) is 0.476. The summed E-state index contributed by atoms with van der Waals surface area (Å²) < 4.78 is 1.76. The van der Waals surface area contributed by atoms with Crippen molar-refractivity contribution in [3.8, 4) is 0 Å². The second kappa shape index (κ2) is 8.03. The Labute approximate surface area is 184 Å². The first-order valence-electron chi connectivity index (χ1n) is 10.2. The predicted molar refractivity (Wildman–Crippen MR) is 124 cm³/mol. The van der Waals surface area contributed by atoms with Crippen LogP contribution >= 0.6 is 11.8 Å². The second-order valence-corrected chi connectivity index (χ2v) is 8.69. The van der Waals surface area contributed by atoms with Gasteiger partial charge >= 0.3 is 0 Å². The third-order valence-electron chi connectivity index (χ3n) is 5.28. The van der Waals surface area contributed by atoms with Gasteiger partial charge in [-0.25, -0.2) is 9.97 Å². The number of fused-ring (bicyclic) bond motifs is 1. The maximum Gasteiger partial charge on any atom is 0.241 e. The molecule has 2 aromatic heterocycles. The van der Waals surface area contributed by atoms with Gasteiger partial charge in [-0.2, -0.15) is 5.10 Å². The number of aryl methyl sites for hydroxylation is 2. The number of anilines is 3. The van der Waals surface area contributed by atoms with Gasteiger partial charge in [0.25, 0.3) is 0 Å². The first kappa shape index (κ1) is 19.6. The van der Waals surface area contributed by atoms with Gasteiger partial charge in [-0.3, -0.25) is 14.4 Å². The molecule has 0 aliphatic carbocycles. The number of para-hydroxylation sites is 2. The summed E-state index contributed by atoms with van der Waals surface area (Å²) in [6.07, 6.45) is 0.741. The minimum atomic E-state index is -0.221. The number of carbonyl (C=O) groups is 1. The number of nitrogens with zero attached hydrogens (tertiary/aromatic N) is 5. The Kier molecular flexibility index (Phi) is 5.07. The number of nitrogens with one attached hydrogen (secondary N) is 1. The molecule has 1 unspecified atom stereocenters. The van der Waals surface area contributed by atoms with Crippen LogP contribution in [-0.4, -0.2) is 37.5 Å². The molecule has 1 N–H and O–H groups in total. The van der Waals surface area contributed by atoms with Gasteiger partial charge in [0.2, 0.25) is 5.91 Å². The molecule has 1 amide bonds. The first-order valence-corrected chi connectivity index (χ1v) is 11.0. The molecule has 4 aromatic rings. The van der Waals surface area contributed by atoms with Crippen molar-refractivity contribution in [3.05, 3.63) is 66.4 Å². The van der Waals surface area contributed by atoms with E-state index >= 15 is 0 Å². The normalized spacial score (nSPS) is 16.3. The van der Waals surface area contributed by atoms with E-state index in [0.717, 1.165) is 40.3 Å². The van der Waals surface area contributed by atoms with E-state index in [1.165, 1.54) is 11.8 Å². The molecule has 5 rings (SSSR count). The van der Waals surface area contributed by atoms with E-state index in [0.29, 0.717) is 11.7 Å². The molecule has 1 saturated heterocycles. The number of rotatable bonds is 5. The summed E-state index contributed by atoms with van der Waals surface area (Å²) in [5.74, 6) is 1.64. The van der Waals surface area contributed by atoms with Gasteiger partial charge in [-0.05, 0) is 37.6 Å². The third-order valence-corrected chi connectivity index (χ3v) is 6.39. The molecule has 7 nitrogen and oxygen atoms in total. The standard InChI is InChI=1S/C23H22N6OS/c1-15-14-20(28(2)27-15)29-13-12-19(22(29)30)31-23-25-18-11-7-6-10-17(18)21(26-23)24-16-8-4-3-5-9-16/h3-11,14,19H,12-13H2,1-2H3,(H,24,25,26). The van der Waals surface area contributed by atoms with Crippen molar-refractivity contribution in [2.45, 2.75) is 23.8 Å². The molecule has 0 spiro atoms. The summed E-state index contributed by atoms with van der Waals surface area (Å²) in [7, 11) is 1.87. The number of aromatic nitrogens is 4. The van der Waals surface area contributed by atoms with Crippen LogP contribution in [0.1, 0.15) is 12.1 Å². The monoisotopic (exact) mass is 430 g/mol. The lowest BCUT2D eigenvalue weighted by atomic mass is 10.2. The van der Waals surface area contributed by atoms with Crippen LogP contribution in [0, 0.1) is 6.92 Å². The average Bonchev–Trinajstić information content (AvgIpc) is 3.29. The molecular weight excluding hydrogens is 408 g/mol. The average molecular weight is 431 g/mol. The maximum atomic E-state index is 13.1. The Morgan fingerprint density at radius 2 is 1.84 bits per heavy atom. The Balaban J connectivity index is 1.43. The largest absolute Gasteiger partial charge is 0.340 e. The van der Waals surface area contributed by atoms with Crippen LogP contribution in [0.5, 0.6) is 0 Å². The van der Waals surface area contributed by atoms with Gasteiger partial charge in [0, 0.05) is 30.7 Å². The molecule has 1 aliphatic rings. The van der Waals surface area contributed by atoms with E-state index in [4.69, 9.17) is 9.97 Å². The Bertz CT molecular complexity index is 1260. The Hall–Kier alpha value is -3.39. The summed E-state index contributed by atoms with van der Waals surface area (Å²) in [6.45, 7) is 2.60. The van der Waals surface area contributed by atoms with Gasteiger partial charge in [0.05, 0.1) is 16.5 Å². The Morgan fingerprint density at radius 3 is 2.61 bits per heavy atom. The molecule has 2 aromatic carbocycles. The van der Waals surface area contributed by atoms with Crippen molar-refractivity contribution in [1.82, 2.24) is 19.7 Å². The Morgan fingerprint density at radius 1 is 1.06 bits per heavy atom. The van der Waals surface area contributed by atoms with Crippen LogP contribution in [0.25, 0.3) is 10.9 Å². The zero-order valence-corrected chi connectivity index (χ0v) is 18.1. The molecule has 3 heterocycles. The molecule has 1 aliphatic heterocycles. The van der Waals surface area contributed by atoms with Crippen molar-refractivity contribution in [3.63, 3.8) is 0 Å². The van der Waals surface area contributed by atoms with Crippen molar-refractivity contribution in [2.24, 2.45) is 7.05 Å². The molecule has 0 saturated carbocycles. The number of benzene rings is 2. The lowest BCUT2D eigenvalue weighted by Crippen LogP contribution is -2.29. The van der Waals surface area contributed by atoms with Gasteiger partial charge < -0.3 is 5.32 Å². The van der Waals surface area contributed by atoms with Crippen LogP contribution in [0.2, 0.25) is 0 Å². The van der Waals surface area contributed by atoms with Gasteiger partial charge in [-0.15, -0.1) is 0 Å². The predicted octanol–water partition coefficient (Wildman–Crippen LogP) is 4.31. The minimum Gasteiger partial charge on any atom is -0.340 e. The molecule has 8 heteroatoms. The summed E-state index contributed by atoms with van der Waals surface area (Å²) in [4.78, 5) is 24.4.